The van der Waals surface area contributed by atoms with Gasteiger partial charge in [-0.05, 0) is 117 Å². The van der Waals surface area contributed by atoms with E-state index < -0.39 is 0 Å². The van der Waals surface area contributed by atoms with E-state index in [0.29, 0.717) is 23.3 Å². The Morgan fingerprint density at radius 2 is 1.44 bits per heavy atom. The second-order valence-electron chi connectivity index (χ2n) is 10.8. The fourth-order valence-electron chi connectivity index (χ4n) is 5.98. The van der Waals surface area contributed by atoms with Crippen molar-refractivity contribution < 1.29 is 14.3 Å². The van der Waals surface area contributed by atoms with Gasteiger partial charge in [-0.3, -0.25) is 0 Å². The van der Waals surface area contributed by atoms with Gasteiger partial charge in [-0.15, -0.1) is 0 Å². The van der Waals surface area contributed by atoms with Gasteiger partial charge in [-0.25, -0.2) is 4.79 Å². The number of carbonyl (C=O) groups is 1. The molecule has 0 N–H and O–H groups in total. The summed E-state index contributed by atoms with van der Waals surface area (Å²) in [6.07, 6.45) is 19.0. The average Bonchev–Trinajstić information content (AvgIpc) is 2.93. The van der Waals surface area contributed by atoms with Gasteiger partial charge >= 0.3 is 5.97 Å². The second-order valence-corrected chi connectivity index (χ2v) is 10.8. The van der Waals surface area contributed by atoms with E-state index in [2.05, 4.69) is 26.0 Å². The van der Waals surface area contributed by atoms with Crippen molar-refractivity contribution in [3.63, 3.8) is 0 Å². The molecule has 0 radical (unpaired) electrons. The van der Waals surface area contributed by atoms with Crippen LogP contribution in [0.1, 0.15) is 99.5 Å². The number of aryl methyl sites for hydroxylation is 1. The van der Waals surface area contributed by atoms with Crippen molar-refractivity contribution in [3.8, 4) is 5.75 Å². The Kier molecular flexibility index (Phi) is 10.2. The molecular weight excluding hydrogens is 444 g/mol. The summed E-state index contributed by atoms with van der Waals surface area (Å²) in [5, 5.41) is 0. The van der Waals surface area contributed by atoms with Gasteiger partial charge < -0.3 is 9.47 Å². The van der Waals surface area contributed by atoms with E-state index in [-0.39, 0.29) is 5.97 Å². The minimum absolute atomic E-state index is 0.307. The standard InChI is InChI=1S/C33H44O3/c1-3-5-25-12-20-32(21-13-25)36-33(34)30-16-10-27(11-17-30)7-6-26-8-14-28(15-9-26)29-18-22-31(23-19-29)35-24-4-2/h6-7,10-13,16-17,20-21,26,28-29,31H,3-5,8-9,14-15,18-19,22-24H2,1-2H3. The molecule has 36 heavy (non-hydrogen) atoms. The molecule has 2 aromatic rings. The lowest BCUT2D eigenvalue weighted by molar-refractivity contribution is 0.00797. The van der Waals surface area contributed by atoms with Crippen molar-refractivity contribution in [2.75, 3.05) is 6.61 Å². The fourth-order valence-corrected chi connectivity index (χ4v) is 5.98. The molecule has 2 aliphatic rings. The molecule has 0 aromatic heterocycles. The highest BCUT2D eigenvalue weighted by Crippen LogP contribution is 2.41. The van der Waals surface area contributed by atoms with Crippen molar-refractivity contribution in [1.29, 1.82) is 0 Å². The predicted octanol–water partition coefficient (Wildman–Crippen LogP) is 8.66. The summed E-state index contributed by atoms with van der Waals surface area (Å²) in [5.41, 5.74) is 2.99. The summed E-state index contributed by atoms with van der Waals surface area (Å²) >= 11 is 0. The van der Waals surface area contributed by atoms with Crippen LogP contribution in [0.2, 0.25) is 0 Å². The number of esters is 1. The van der Waals surface area contributed by atoms with E-state index in [1.165, 1.54) is 56.9 Å². The number of allylic oxidation sites excluding steroid dienone is 1. The van der Waals surface area contributed by atoms with E-state index >= 15 is 0 Å². The van der Waals surface area contributed by atoms with Crippen LogP contribution in [0.3, 0.4) is 0 Å². The Bertz CT molecular complexity index is 943. The van der Waals surface area contributed by atoms with Gasteiger partial charge in [0.25, 0.3) is 0 Å². The van der Waals surface area contributed by atoms with E-state index in [1.54, 1.807) is 0 Å². The van der Waals surface area contributed by atoms with Gasteiger partial charge in [0.05, 0.1) is 11.7 Å². The molecule has 4 rings (SSSR count). The van der Waals surface area contributed by atoms with E-state index in [4.69, 9.17) is 9.47 Å². The summed E-state index contributed by atoms with van der Waals surface area (Å²) in [6, 6.07) is 15.6. The maximum Gasteiger partial charge on any atom is 0.343 e. The number of carbonyl (C=O) groups excluding carboxylic acids is 1. The first-order valence-electron chi connectivity index (χ1n) is 14.4. The third-order valence-corrected chi connectivity index (χ3v) is 8.14. The summed E-state index contributed by atoms with van der Waals surface area (Å²) in [5.74, 6) is 2.79. The Morgan fingerprint density at radius 3 is 2.06 bits per heavy atom. The normalized spacial score (nSPS) is 24.6. The van der Waals surface area contributed by atoms with E-state index in [1.807, 2.05) is 48.5 Å². The minimum Gasteiger partial charge on any atom is -0.423 e. The van der Waals surface area contributed by atoms with Crippen molar-refractivity contribution >= 4 is 12.0 Å². The maximum absolute atomic E-state index is 12.5. The zero-order chi connectivity index (χ0) is 25.2. The molecule has 0 amide bonds. The van der Waals surface area contributed by atoms with Crippen molar-refractivity contribution in [3.05, 3.63) is 71.3 Å². The first-order valence-corrected chi connectivity index (χ1v) is 14.4. The third-order valence-electron chi connectivity index (χ3n) is 8.14. The molecule has 0 atom stereocenters. The molecule has 0 bridgehead atoms. The molecule has 0 heterocycles. The Morgan fingerprint density at radius 1 is 0.806 bits per heavy atom. The van der Waals surface area contributed by atoms with Crippen molar-refractivity contribution in [2.45, 2.75) is 90.6 Å². The zero-order valence-electron chi connectivity index (χ0n) is 22.3. The monoisotopic (exact) mass is 488 g/mol. The largest absolute Gasteiger partial charge is 0.423 e. The van der Waals surface area contributed by atoms with Gasteiger partial charge in [-0.2, -0.15) is 0 Å². The minimum atomic E-state index is -0.307. The molecular formula is C33H44O3. The summed E-state index contributed by atoms with van der Waals surface area (Å²) in [4.78, 5) is 12.5. The van der Waals surface area contributed by atoms with Crippen LogP contribution < -0.4 is 4.74 Å². The highest BCUT2D eigenvalue weighted by atomic mass is 16.5. The van der Waals surface area contributed by atoms with Gasteiger partial charge in [0.2, 0.25) is 0 Å². The molecule has 194 valence electrons. The predicted molar refractivity (Wildman–Crippen MR) is 148 cm³/mol. The first kappa shape index (κ1) is 26.7. The highest BCUT2D eigenvalue weighted by Gasteiger charge is 2.30. The number of rotatable bonds is 10. The molecule has 0 spiro atoms. The lowest BCUT2D eigenvalue weighted by Gasteiger charge is -2.37. The Labute approximate surface area is 218 Å². The molecule has 2 fully saturated rings. The summed E-state index contributed by atoms with van der Waals surface area (Å²) in [6.45, 7) is 5.28. The fraction of sp³-hybridized carbons (Fsp3) is 0.545. The van der Waals surface area contributed by atoms with Crippen LogP contribution in [0.15, 0.2) is 54.6 Å². The topological polar surface area (TPSA) is 35.5 Å². The van der Waals surface area contributed by atoms with E-state index in [9.17, 15) is 4.79 Å². The quantitative estimate of drug-likeness (QED) is 0.248. The smallest absolute Gasteiger partial charge is 0.343 e. The molecule has 0 aliphatic heterocycles. The van der Waals surface area contributed by atoms with Crippen LogP contribution in [-0.4, -0.2) is 18.7 Å². The molecule has 0 saturated heterocycles. The molecule has 0 unspecified atom stereocenters. The number of hydrogen-bond donors (Lipinski definition) is 0. The van der Waals surface area contributed by atoms with Crippen LogP contribution in [0.4, 0.5) is 0 Å². The third kappa shape index (κ3) is 7.80. The number of benzene rings is 2. The maximum atomic E-state index is 12.5. The lowest BCUT2D eigenvalue weighted by Crippen LogP contribution is -2.28. The molecule has 2 aliphatic carbocycles. The molecule has 3 heteroatoms. The molecule has 2 aromatic carbocycles. The van der Waals surface area contributed by atoms with Crippen LogP contribution >= 0.6 is 0 Å². The van der Waals surface area contributed by atoms with Gasteiger partial charge in [0.15, 0.2) is 0 Å². The Hall–Kier alpha value is -2.39. The summed E-state index contributed by atoms with van der Waals surface area (Å²) in [7, 11) is 0. The van der Waals surface area contributed by atoms with Crippen molar-refractivity contribution in [2.24, 2.45) is 17.8 Å². The van der Waals surface area contributed by atoms with Crippen molar-refractivity contribution in [1.82, 2.24) is 0 Å². The summed E-state index contributed by atoms with van der Waals surface area (Å²) < 4.78 is 11.5. The van der Waals surface area contributed by atoms with Crippen LogP contribution in [0, 0.1) is 17.8 Å². The lowest BCUT2D eigenvalue weighted by atomic mass is 9.70. The van der Waals surface area contributed by atoms with Gasteiger partial charge in [-0.1, -0.05) is 56.7 Å². The second kappa shape index (κ2) is 13.8. The van der Waals surface area contributed by atoms with E-state index in [0.717, 1.165) is 43.3 Å². The number of hydrogen-bond acceptors (Lipinski definition) is 3. The first-order chi connectivity index (χ1) is 17.6. The molecule has 3 nitrogen and oxygen atoms in total. The highest BCUT2D eigenvalue weighted by molar-refractivity contribution is 5.91. The van der Waals surface area contributed by atoms with Crippen LogP contribution in [-0.2, 0) is 11.2 Å². The van der Waals surface area contributed by atoms with Crippen LogP contribution in [0.5, 0.6) is 5.75 Å². The average molecular weight is 489 g/mol. The molecule has 2 saturated carbocycles. The van der Waals surface area contributed by atoms with Crippen LogP contribution in [0.25, 0.3) is 6.08 Å². The zero-order valence-corrected chi connectivity index (χ0v) is 22.3. The SMILES string of the molecule is CCCOC1CCC(C2CCC(C=Cc3ccc(C(=O)Oc4ccc(CCC)cc4)cc3)CC2)CC1. The van der Waals surface area contributed by atoms with Gasteiger partial charge in [0, 0.05) is 6.61 Å². The van der Waals surface area contributed by atoms with Gasteiger partial charge in [0.1, 0.15) is 5.75 Å². The number of ether oxygens (including phenoxy) is 2. The Balaban J connectivity index is 1.20.